The summed E-state index contributed by atoms with van der Waals surface area (Å²) >= 11 is 7.85. The Labute approximate surface area is 197 Å². The topological polar surface area (TPSA) is 84.5 Å². The number of benzene rings is 3. The molecule has 168 valence electrons. The van der Waals surface area contributed by atoms with Gasteiger partial charge in [-0.05, 0) is 61.2 Å². The van der Waals surface area contributed by atoms with E-state index >= 15 is 0 Å². The molecule has 3 aromatic carbocycles. The summed E-state index contributed by atoms with van der Waals surface area (Å²) in [6.07, 6.45) is 2.00. The van der Waals surface area contributed by atoms with Crippen molar-refractivity contribution in [3.8, 4) is 5.75 Å². The molecule has 0 aliphatic carbocycles. The molecule has 0 unspecified atom stereocenters. The Morgan fingerprint density at radius 3 is 2.38 bits per heavy atom. The first kappa shape index (κ1) is 24.0. The molecule has 0 aromatic heterocycles. The minimum atomic E-state index is -3.81. The van der Waals surface area contributed by atoms with Crippen LogP contribution in [0.15, 0.2) is 82.6 Å². The molecule has 0 saturated carbocycles. The Balaban J connectivity index is 1.58. The average Bonchev–Trinajstić information content (AvgIpc) is 2.78. The summed E-state index contributed by atoms with van der Waals surface area (Å²) in [5.41, 5.74) is 1.42. The van der Waals surface area contributed by atoms with Crippen LogP contribution in [0.5, 0.6) is 5.75 Å². The highest BCUT2D eigenvalue weighted by Gasteiger charge is 2.17. The van der Waals surface area contributed by atoms with Gasteiger partial charge >= 0.3 is 0 Å². The van der Waals surface area contributed by atoms with Gasteiger partial charge in [0.2, 0.25) is 0 Å². The molecule has 0 radical (unpaired) electrons. The van der Waals surface area contributed by atoms with E-state index in [2.05, 4.69) is 10.0 Å². The Kier molecular flexibility index (Phi) is 8.06. The standard InChI is InChI=1S/C23H23ClN2O4S2/c1-16(17-8-10-19(31-2)11-9-17)25-23(27)15-30-22-13-12-20(14-21(22)24)32(28,29)26-18-6-4-3-5-7-18/h3-14,16,26H,15H2,1-2H3,(H,25,27)/t16-/m1/s1. The van der Waals surface area contributed by atoms with Crippen molar-refractivity contribution in [1.82, 2.24) is 5.32 Å². The number of para-hydroxylation sites is 1. The predicted octanol–water partition coefficient (Wildman–Crippen LogP) is 5.12. The van der Waals surface area contributed by atoms with Gasteiger partial charge in [0.1, 0.15) is 5.75 Å². The number of hydrogen-bond donors (Lipinski definition) is 2. The summed E-state index contributed by atoms with van der Waals surface area (Å²) in [7, 11) is -3.81. The van der Waals surface area contributed by atoms with E-state index in [9.17, 15) is 13.2 Å². The number of anilines is 1. The molecular formula is C23H23ClN2O4S2. The van der Waals surface area contributed by atoms with Crippen LogP contribution >= 0.6 is 23.4 Å². The van der Waals surface area contributed by atoms with Gasteiger partial charge in [-0.2, -0.15) is 0 Å². The minimum Gasteiger partial charge on any atom is -0.482 e. The maximum absolute atomic E-state index is 12.6. The highest BCUT2D eigenvalue weighted by Crippen LogP contribution is 2.28. The lowest BCUT2D eigenvalue weighted by atomic mass is 10.1. The molecule has 0 fully saturated rings. The van der Waals surface area contributed by atoms with Crippen molar-refractivity contribution in [2.45, 2.75) is 22.8 Å². The monoisotopic (exact) mass is 490 g/mol. The number of thioether (sulfide) groups is 1. The zero-order valence-corrected chi connectivity index (χ0v) is 19.9. The lowest BCUT2D eigenvalue weighted by molar-refractivity contribution is -0.123. The summed E-state index contributed by atoms with van der Waals surface area (Å²) < 4.78 is 33.1. The van der Waals surface area contributed by atoms with Crippen LogP contribution in [0.3, 0.4) is 0 Å². The molecule has 3 aromatic rings. The fourth-order valence-electron chi connectivity index (χ4n) is 2.89. The second-order valence-corrected chi connectivity index (χ2v) is 9.88. The number of halogens is 1. The molecule has 0 bridgehead atoms. The third kappa shape index (κ3) is 6.41. The maximum atomic E-state index is 12.6. The molecule has 3 rings (SSSR count). The first-order valence-corrected chi connectivity index (χ1v) is 12.8. The quantitative estimate of drug-likeness (QED) is 0.407. The number of rotatable bonds is 9. The lowest BCUT2D eigenvalue weighted by Gasteiger charge is -2.16. The number of carbonyl (C=O) groups is 1. The fourth-order valence-corrected chi connectivity index (χ4v) is 4.68. The van der Waals surface area contributed by atoms with Crippen molar-refractivity contribution in [2.75, 3.05) is 17.6 Å². The number of carbonyl (C=O) groups excluding carboxylic acids is 1. The molecule has 9 heteroatoms. The molecule has 0 heterocycles. The SMILES string of the molecule is CSc1ccc([C@@H](C)NC(=O)COc2ccc(S(=O)(=O)Nc3ccccc3)cc2Cl)cc1. The van der Waals surface area contributed by atoms with Gasteiger partial charge in [0.25, 0.3) is 15.9 Å². The van der Waals surface area contributed by atoms with Crippen LogP contribution in [0.25, 0.3) is 0 Å². The lowest BCUT2D eigenvalue weighted by Crippen LogP contribution is -2.31. The Hall–Kier alpha value is -2.68. The van der Waals surface area contributed by atoms with E-state index < -0.39 is 10.0 Å². The average molecular weight is 491 g/mol. The van der Waals surface area contributed by atoms with Crippen molar-refractivity contribution in [3.05, 3.63) is 83.4 Å². The Bertz CT molecular complexity index is 1170. The van der Waals surface area contributed by atoms with Gasteiger partial charge in [0.05, 0.1) is 16.0 Å². The van der Waals surface area contributed by atoms with Crippen molar-refractivity contribution in [1.29, 1.82) is 0 Å². The number of nitrogens with one attached hydrogen (secondary N) is 2. The Morgan fingerprint density at radius 1 is 1.06 bits per heavy atom. The first-order chi connectivity index (χ1) is 15.3. The summed E-state index contributed by atoms with van der Waals surface area (Å²) in [6.45, 7) is 1.64. The molecule has 1 atom stereocenters. The normalized spacial score (nSPS) is 12.1. The van der Waals surface area contributed by atoms with Gasteiger partial charge in [-0.3, -0.25) is 9.52 Å². The van der Waals surface area contributed by atoms with Crippen molar-refractivity contribution in [3.63, 3.8) is 0 Å². The predicted molar refractivity (Wildman–Crippen MR) is 129 cm³/mol. The van der Waals surface area contributed by atoms with E-state index in [4.69, 9.17) is 16.3 Å². The van der Waals surface area contributed by atoms with Crippen molar-refractivity contribution < 1.29 is 17.9 Å². The van der Waals surface area contributed by atoms with Gasteiger partial charge in [0.15, 0.2) is 6.61 Å². The summed E-state index contributed by atoms with van der Waals surface area (Å²) in [5.74, 6) is -0.0950. The van der Waals surface area contributed by atoms with E-state index in [1.807, 2.05) is 37.4 Å². The van der Waals surface area contributed by atoms with E-state index in [-0.39, 0.29) is 34.2 Å². The van der Waals surface area contributed by atoms with Crippen LogP contribution in [-0.4, -0.2) is 27.2 Å². The number of amides is 1. The van der Waals surface area contributed by atoms with E-state index in [0.717, 1.165) is 10.5 Å². The molecule has 6 nitrogen and oxygen atoms in total. The van der Waals surface area contributed by atoms with E-state index in [0.29, 0.717) is 5.69 Å². The second kappa shape index (κ2) is 10.8. The third-order valence-electron chi connectivity index (χ3n) is 4.59. The number of sulfonamides is 1. The van der Waals surface area contributed by atoms with Crippen molar-refractivity contribution in [2.24, 2.45) is 0 Å². The molecule has 32 heavy (non-hydrogen) atoms. The molecule has 0 saturated heterocycles. The zero-order chi connectivity index (χ0) is 23.1. The van der Waals surface area contributed by atoms with Crippen LogP contribution in [0.1, 0.15) is 18.5 Å². The smallest absolute Gasteiger partial charge is 0.261 e. The first-order valence-electron chi connectivity index (χ1n) is 9.72. The van der Waals surface area contributed by atoms with Crippen LogP contribution in [-0.2, 0) is 14.8 Å². The molecule has 0 aliphatic heterocycles. The maximum Gasteiger partial charge on any atom is 0.261 e. The van der Waals surface area contributed by atoms with E-state index in [1.165, 1.54) is 18.2 Å². The fraction of sp³-hybridized carbons (Fsp3) is 0.174. The molecule has 0 spiro atoms. The highest BCUT2D eigenvalue weighted by molar-refractivity contribution is 7.98. The van der Waals surface area contributed by atoms with Crippen LogP contribution in [0.2, 0.25) is 5.02 Å². The molecule has 0 aliphatic rings. The van der Waals surface area contributed by atoms with Crippen LogP contribution in [0.4, 0.5) is 5.69 Å². The Morgan fingerprint density at radius 2 is 1.75 bits per heavy atom. The van der Waals surface area contributed by atoms with E-state index in [1.54, 1.807) is 42.1 Å². The van der Waals surface area contributed by atoms with Gasteiger partial charge in [-0.25, -0.2) is 8.42 Å². The summed E-state index contributed by atoms with van der Waals surface area (Å²) in [4.78, 5) is 13.4. The molecule has 2 N–H and O–H groups in total. The molecule has 1 amide bonds. The number of ether oxygens (including phenoxy) is 1. The van der Waals surface area contributed by atoms with Crippen molar-refractivity contribution >= 4 is 45.0 Å². The van der Waals surface area contributed by atoms with Gasteiger partial charge < -0.3 is 10.1 Å². The van der Waals surface area contributed by atoms with Gasteiger partial charge in [0, 0.05) is 10.6 Å². The third-order valence-corrected chi connectivity index (χ3v) is 7.01. The highest BCUT2D eigenvalue weighted by atomic mass is 35.5. The minimum absolute atomic E-state index is 0.00883. The van der Waals surface area contributed by atoms with Gasteiger partial charge in [-0.1, -0.05) is 41.9 Å². The summed E-state index contributed by atoms with van der Waals surface area (Å²) in [6, 6.07) is 20.4. The summed E-state index contributed by atoms with van der Waals surface area (Å²) in [5, 5.41) is 2.96. The van der Waals surface area contributed by atoms with Crippen LogP contribution < -0.4 is 14.8 Å². The number of hydrogen-bond acceptors (Lipinski definition) is 5. The van der Waals surface area contributed by atoms with Gasteiger partial charge in [-0.15, -0.1) is 11.8 Å². The second-order valence-electron chi connectivity index (χ2n) is 6.91. The molecular weight excluding hydrogens is 468 g/mol. The largest absolute Gasteiger partial charge is 0.482 e. The zero-order valence-electron chi connectivity index (χ0n) is 17.5. The van der Waals surface area contributed by atoms with Crippen LogP contribution in [0, 0.1) is 0 Å².